The lowest BCUT2D eigenvalue weighted by atomic mass is 9.83. The zero-order valence-corrected chi connectivity index (χ0v) is 29.0. The smallest absolute Gasteiger partial charge is 0.472 e. The Morgan fingerprint density at radius 2 is 1.83 bits per heavy atom. The number of aromatic nitrogens is 1. The Balaban J connectivity index is 1.52. The molecule has 0 saturated carbocycles. The van der Waals surface area contributed by atoms with Gasteiger partial charge in [0, 0.05) is 23.0 Å². The Morgan fingerprint density at radius 1 is 1.09 bits per heavy atom. The number of anilines is 1. The summed E-state index contributed by atoms with van der Waals surface area (Å²) in [5.74, 6) is -2.52. The highest BCUT2D eigenvalue weighted by molar-refractivity contribution is 6.30. The third-order valence-corrected chi connectivity index (χ3v) is 8.24. The second kappa shape index (κ2) is 18.7. The fourth-order valence-electron chi connectivity index (χ4n) is 5.60. The van der Waals surface area contributed by atoms with Crippen LogP contribution in [0.3, 0.4) is 0 Å². The standard InChI is InChI=1S/C36H35ClF7N5O5/c1-3-29(33(49-34(50)51)32(21-8-10-23(37)11-9-21)22-6-5-7-25(14-22)54-36(42,43)44)48-30-17-45-16-28(38)27(30)13-12-26-15-46-24(18-52-26)19-53-31(4-2)47-20-35(39,40)41/h5-11,14,16-17,24,26,32-33,46-49H,1-2,12-13,15,18-20H2,(H,50,51)/t24-,26+,32-,33+/m0/s1. The van der Waals surface area contributed by atoms with Gasteiger partial charge in [0.25, 0.3) is 0 Å². The lowest BCUT2D eigenvalue weighted by Crippen LogP contribution is -2.49. The van der Waals surface area contributed by atoms with Crippen LogP contribution < -0.4 is 26.0 Å². The normalized spacial score (nSPS) is 16.9. The van der Waals surface area contributed by atoms with E-state index < -0.39 is 54.8 Å². The van der Waals surface area contributed by atoms with E-state index in [1.165, 1.54) is 30.5 Å². The molecule has 54 heavy (non-hydrogen) atoms. The van der Waals surface area contributed by atoms with Crippen molar-refractivity contribution in [3.8, 4) is 5.75 Å². The predicted molar refractivity (Wildman–Crippen MR) is 184 cm³/mol. The molecule has 0 spiro atoms. The van der Waals surface area contributed by atoms with E-state index in [0.717, 1.165) is 18.3 Å². The van der Waals surface area contributed by atoms with Crippen LogP contribution in [0.15, 0.2) is 97.1 Å². The number of alkyl halides is 6. The number of rotatable bonds is 16. The van der Waals surface area contributed by atoms with E-state index in [2.05, 4.69) is 55.6 Å². The number of nitrogens with one attached hydrogen (secondary N) is 4. The van der Waals surface area contributed by atoms with E-state index in [4.69, 9.17) is 21.1 Å². The molecule has 4 rings (SSSR count). The van der Waals surface area contributed by atoms with E-state index >= 15 is 4.39 Å². The minimum atomic E-state index is -5.00. The number of nitrogens with zero attached hydrogens (tertiary/aromatic N) is 1. The summed E-state index contributed by atoms with van der Waals surface area (Å²) < 4.78 is 108. The SMILES string of the molecule is C=C=C(NCC(F)(F)F)OC[C@@H]1CO[C@H](CCc2c(F)cncc2NC(=C=C)[C@@H](NC(=O)O)[C@@H](c2ccc(Cl)cc2)c2cccc(OC(F)(F)F)c2)CN1. The van der Waals surface area contributed by atoms with E-state index in [1.54, 1.807) is 12.1 Å². The van der Waals surface area contributed by atoms with Crippen LogP contribution in [-0.2, 0) is 15.9 Å². The monoisotopic (exact) mass is 785 g/mol. The molecule has 0 bridgehead atoms. The summed E-state index contributed by atoms with van der Waals surface area (Å²) in [4.78, 5) is 16.1. The molecule has 1 aromatic heterocycles. The first-order valence-corrected chi connectivity index (χ1v) is 16.5. The fraction of sp³-hybridized carbons (Fsp3) is 0.333. The Kier molecular flexibility index (Phi) is 14.4. The van der Waals surface area contributed by atoms with Crippen molar-refractivity contribution in [2.75, 3.05) is 31.6 Å². The third-order valence-electron chi connectivity index (χ3n) is 7.99. The summed E-state index contributed by atoms with van der Waals surface area (Å²) in [5, 5.41) is 20.9. The maximum absolute atomic E-state index is 15.3. The van der Waals surface area contributed by atoms with Crippen molar-refractivity contribution < 1.29 is 54.8 Å². The maximum Gasteiger partial charge on any atom is 0.573 e. The van der Waals surface area contributed by atoms with Crippen LogP contribution in [0.5, 0.6) is 5.75 Å². The number of halogens is 8. The highest BCUT2D eigenvalue weighted by atomic mass is 35.5. The molecule has 1 saturated heterocycles. The first-order valence-electron chi connectivity index (χ1n) is 16.1. The molecule has 0 aliphatic carbocycles. The zero-order chi connectivity index (χ0) is 39.5. The minimum Gasteiger partial charge on any atom is -0.472 e. The molecule has 2 aromatic carbocycles. The molecule has 3 aromatic rings. The number of benzene rings is 2. The highest BCUT2D eigenvalue weighted by Gasteiger charge is 2.34. The molecule has 10 nitrogen and oxygen atoms in total. The molecule has 290 valence electrons. The van der Waals surface area contributed by atoms with Crippen LogP contribution in [0, 0.1) is 5.82 Å². The minimum absolute atomic E-state index is 0.00997. The van der Waals surface area contributed by atoms with Gasteiger partial charge in [-0.3, -0.25) is 4.98 Å². The van der Waals surface area contributed by atoms with Gasteiger partial charge in [-0.05, 0) is 48.2 Å². The first-order chi connectivity index (χ1) is 25.5. The van der Waals surface area contributed by atoms with Gasteiger partial charge in [-0.1, -0.05) is 54.8 Å². The van der Waals surface area contributed by atoms with Gasteiger partial charge < -0.3 is 40.6 Å². The topological polar surface area (TPSA) is 126 Å². The Hall–Kier alpha value is -5.18. The Labute approximate surface area is 310 Å². The quantitative estimate of drug-likeness (QED) is 0.0574. The van der Waals surface area contributed by atoms with Crippen molar-refractivity contribution in [1.82, 2.24) is 20.9 Å². The maximum atomic E-state index is 15.3. The summed E-state index contributed by atoms with van der Waals surface area (Å²) >= 11 is 6.11. The van der Waals surface area contributed by atoms with E-state index in [-0.39, 0.29) is 54.1 Å². The van der Waals surface area contributed by atoms with Gasteiger partial charge in [0.2, 0.25) is 5.88 Å². The summed E-state index contributed by atoms with van der Waals surface area (Å²) in [6.45, 7) is 6.08. The molecule has 0 unspecified atom stereocenters. The summed E-state index contributed by atoms with van der Waals surface area (Å²) in [6.07, 6.45) is -8.64. The summed E-state index contributed by atoms with van der Waals surface area (Å²) in [5.41, 5.74) is 5.86. The number of carboxylic acid groups (broad SMARTS) is 1. The number of carbonyl (C=O) groups is 1. The van der Waals surface area contributed by atoms with Crippen LogP contribution in [0.2, 0.25) is 5.02 Å². The van der Waals surface area contributed by atoms with Crippen molar-refractivity contribution in [1.29, 1.82) is 0 Å². The van der Waals surface area contributed by atoms with Gasteiger partial charge in [-0.25, -0.2) is 9.18 Å². The van der Waals surface area contributed by atoms with E-state index in [9.17, 15) is 36.2 Å². The molecule has 1 amide bonds. The van der Waals surface area contributed by atoms with Gasteiger partial charge in [0.05, 0.1) is 48.6 Å². The molecule has 1 fully saturated rings. The summed E-state index contributed by atoms with van der Waals surface area (Å²) in [7, 11) is 0. The molecule has 1 aliphatic heterocycles. The van der Waals surface area contributed by atoms with Gasteiger partial charge in [-0.2, -0.15) is 13.2 Å². The van der Waals surface area contributed by atoms with Crippen LogP contribution >= 0.6 is 11.6 Å². The number of pyridine rings is 1. The molecular formula is C36H35ClF7N5O5. The number of morpholine rings is 1. The Bertz CT molecular complexity index is 1840. The average Bonchev–Trinajstić information content (AvgIpc) is 3.10. The number of hydrogen-bond acceptors (Lipinski definition) is 8. The second-order valence-electron chi connectivity index (χ2n) is 11.8. The molecule has 4 atom stereocenters. The number of hydrogen-bond donors (Lipinski definition) is 5. The molecule has 18 heteroatoms. The van der Waals surface area contributed by atoms with Gasteiger partial charge >= 0.3 is 18.6 Å². The highest BCUT2D eigenvalue weighted by Crippen LogP contribution is 2.36. The second-order valence-corrected chi connectivity index (χ2v) is 12.3. The predicted octanol–water partition coefficient (Wildman–Crippen LogP) is 7.41. The fourth-order valence-corrected chi connectivity index (χ4v) is 5.73. The van der Waals surface area contributed by atoms with Crippen LogP contribution in [0.4, 0.5) is 41.2 Å². The van der Waals surface area contributed by atoms with E-state index in [1.807, 2.05) is 0 Å². The number of amides is 1. The van der Waals surface area contributed by atoms with Crippen LogP contribution in [0.1, 0.15) is 29.0 Å². The largest absolute Gasteiger partial charge is 0.573 e. The first kappa shape index (κ1) is 41.6. The average molecular weight is 786 g/mol. The zero-order valence-electron chi connectivity index (χ0n) is 28.3. The van der Waals surface area contributed by atoms with Crippen LogP contribution in [0.25, 0.3) is 0 Å². The summed E-state index contributed by atoms with van der Waals surface area (Å²) in [6, 6.07) is 9.57. The van der Waals surface area contributed by atoms with Crippen molar-refractivity contribution in [3.63, 3.8) is 0 Å². The number of ether oxygens (including phenoxy) is 3. The van der Waals surface area contributed by atoms with Crippen LogP contribution in [-0.4, -0.2) is 73.2 Å². The third kappa shape index (κ3) is 12.7. The van der Waals surface area contributed by atoms with Crippen molar-refractivity contribution in [2.45, 2.75) is 49.5 Å². The van der Waals surface area contributed by atoms with Crippen molar-refractivity contribution in [3.05, 3.63) is 125 Å². The van der Waals surface area contributed by atoms with Gasteiger partial charge in [0.15, 0.2) is 0 Å². The van der Waals surface area contributed by atoms with Crippen molar-refractivity contribution >= 4 is 23.4 Å². The molecule has 0 radical (unpaired) electrons. The van der Waals surface area contributed by atoms with Gasteiger partial charge in [-0.15, -0.1) is 18.9 Å². The lowest BCUT2D eigenvalue weighted by Gasteiger charge is -2.31. The molecular weight excluding hydrogens is 751 g/mol. The Morgan fingerprint density at radius 3 is 2.44 bits per heavy atom. The lowest BCUT2D eigenvalue weighted by molar-refractivity contribution is -0.274. The van der Waals surface area contributed by atoms with Crippen molar-refractivity contribution in [2.24, 2.45) is 0 Å². The van der Waals surface area contributed by atoms with E-state index in [0.29, 0.717) is 23.6 Å². The van der Waals surface area contributed by atoms with Gasteiger partial charge in [0.1, 0.15) is 24.7 Å². The molecule has 5 N–H and O–H groups in total. The molecule has 1 aliphatic rings. The molecule has 2 heterocycles.